The van der Waals surface area contributed by atoms with Gasteiger partial charge in [0.2, 0.25) is 0 Å². The molecule has 0 amide bonds. The molecule has 0 unspecified atom stereocenters. The number of aliphatic hydroxyl groups is 1. The molecule has 0 aliphatic carbocycles. The quantitative estimate of drug-likeness (QED) is 0.0280. The van der Waals surface area contributed by atoms with E-state index in [9.17, 15) is 14.4 Å². The highest BCUT2D eigenvalue weighted by Crippen LogP contribution is 2.13. The van der Waals surface area contributed by atoms with Crippen LogP contribution in [-0.4, -0.2) is 98.5 Å². The molecule has 1 aliphatic heterocycles. The maximum atomic E-state index is 12.6. The van der Waals surface area contributed by atoms with Gasteiger partial charge in [0.05, 0.1) is 12.5 Å². The minimum absolute atomic E-state index is 0.0673. The van der Waals surface area contributed by atoms with E-state index in [2.05, 4.69) is 48.0 Å². The highest BCUT2D eigenvalue weighted by molar-refractivity contribution is 5.70. The molecule has 0 saturated carbocycles. The van der Waals surface area contributed by atoms with Gasteiger partial charge in [-0.3, -0.25) is 19.3 Å². The monoisotopic (exact) mass is 805 g/mol. The molecule has 57 heavy (non-hydrogen) atoms. The van der Waals surface area contributed by atoms with Gasteiger partial charge in [-0.15, -0.1) is 0 Å². The third kappa shape index (κ3) is 35.4. The molecule has 9 nitrogen and oxygen atoms in total. The van der Waals surface area contributed by atoms with Crippen molar-refractivity contribution in [3.63, 3.8) is 0 Å². The lowest BCUT2D eigenvalue weighted by Crippen LogP contribution is -2.47. The number of hydrogen-bond acceptors (Lipinski definition) is 9. The fourth-order valence-electron chi connectivity index (χ4n) is 7.13. The van der Waals surface area contributed by atoms with Gasteiger partial charge in [-0.1, -0.05) is 122 Å². The molecule has 0 atom stereocenters. The number of unbranched alkanes of at least 4 members (excludes halogenated alkanes) is 20. The normalized spacial score (nSPS) is 14.0. The van der Waals surface area contributed by atoms with Crippen LogP contribution in [-0.2, 0) is 28.6 Å². The Morgan fingerprint density at radius 2 is 0.772 bits per heavy atom. The molecule has 1 aliphatic rings. The second-order valence-electron chi connectivity index (χ2n) is 16.4. The molecular weight excluding hydrogens is 717 g/mol. The smallest absolute Gasteiger partial charge is 0.305 e. The molecular formula is C48H88N2O7. The summed E-state index contributed by atoms with van der Waals surface area (Å²) >= 11 is 0. The van der Waals surface area contributed by atoms with E-state index < -0.39 is 0 Å². The summed E-state index contributed by atoms with van der Waals surface area (Å²) in [7, 11) is 0. The summed E-state index contributed by atoms with van der Waals surface area (Å²) in [5.41, 5.74) is 0. The van der Waals surface area contributed by atoms with Gasteiger partial charge in [0, 0.05) is 52.0 Å². The zero-order chi connectivity index (χ0) is 41.3. The van der Waals surface area contributed by atoms with Crippen LogP contribution in [0, 0.1) is 5.92 Å². The Morgan fingerprint density at radius 3 is 1.14 bits per heavy atom. The third-order valence-corrected chi connectivity index (χ3v) is 11.0. The summed E-state index contributed by atoms with van der Waals surface area (Å²) in [5, 5.41) is 9.14. The molecule has 9 heteroatoms. The van der Waals surface area contributed by atoms with Gasteiger partial charge in [0.1, 0.15) is 19.8 Å². The molecule has 0 aromatic rings. The predicted octanol–water partition coefficient (Wildman–Crippen LogP) is 10.9. The summed E-state index contributed by atoms with van der Waals surface area (Å²) < 4.78 is 16.8. The molecule has 1 N–H and O–H groups in total. The Kier molecular flexibility index (Phi) is 37.5. The maximum absolute atomic E-state index is 12.6. The summed E-state index contributed by atoms with van der Waals surface area (Å²) in [5.74, 6) is -1.15. The maximum Gasteiger partial charge on any atom is 0.305 e. The molecule has 0 radical (unpaired) electrons. The number of allylic oxidation sites excluding steroid dienone is 4. The van der Waals surface area contributed by atoms with Gasteiger partial charge in [-0.05, 0) is 83.6 Å². The fourth-order valence-corrected chi connectivity index (χ4v) is 7.13. The number of β-amino-alcohol motifs (C(OH)–C–C–N with tert-alkyl or cyclic N) is 1. The van der Waals surface area contributed by atoms with E-state index in [-0.39, 0.29) is 50.3 Å². The van der Waals surface area contributed by atoms with E-state index in [4.69, 9.17) is 19.3 Å². The van der Waals surface area contributed by atoms with Gasteiger partial charge < -0.3 is 24.2 Å². The molecule has 0 aromatic heterocycles. The van der Waals surface area contributed by atoms with Gasteiger partial charge in [-0.2, -0.15) is 0 Å². The molecule has 1 fully saturated rings. The highest BCUT2D eigenvalue weighted by atomic mass is 16.6. The van der Waals surface area contributed by atoms with Gasteiger partial charge in [-0.25, -0.2) is 0 Å². The number of rotatable bonds is 40. The Labute approximate surface area is 350 Å². The largest absolute Gasteiger partial charge is 0.465 e. The van der Waals surface area contributed by atoms with Crippen molar-refractivity contribution < 1.29 is 33.7 Å². The number of carbonyl (C=O) groups excluding carboxylic acids is 3. The molecule has 1 rings (SSSR count). The molecule has 0 aromatic carbocycles. The third-order valence-electron chi connectivity index (χ3n) is 11.0. The van der Waals surface area contributed by atoms with Crippen molar-refractivity contribution >= 4 is 17.9 Å². The highest BCUT2D eigenvalue weighted by Gasteiger charge is 2.19. The summed E-state index contributed by atoms with van der Waals surface area (Å²) in [4.78, 5) is 42.5. The lowest BCUT2D eigenvalue weighted by molar-refractivity contribution is -0.153. The van der Waals surface area contributed by atoms with E-state index in [0.29, 0.717) is 19.3 Å². The molecule has 332 valence electrons. The summed E-state index contributed by atoms with van der Waals surface area (Å²) in [6.07, 6.45) is 38.9. The van der Waals surface area contributed by atoms with Crippen molar-refractivity contribution in [3.05, 3.63) is 24.3 Å². The Balaban J connectivity index is 2.31. The minimum atomic E-state index is -0.384. The number of aliphatic hydroxyl groups excluding tert-OH is 1. The fraction of sp³-hybridized carbons (Fsp3) is 0.854. The van der Waals surface area contributed by atoms with Crippen LogP contribution in [0.3, 0.4) is 0 Å². The molecule has 1 saturated heterocycles. The van der Waals surface area contributed by atoms with Crippen LogP contribution in [0.5, 0.6) is 0 Å². The van der Waals surface area contributed by atoms with Crippen molar-refractivity contribution in [3.8, 4) is 0 Å². The zero-order valence-electron chi connectivity index (χ0n) is 37.0. The minimum Gasteiger partial charge on any atom is -0.465 e. The average molecular weight is 805 g/mol. The van der Waals surface area contributed by atoms with Crippen molar-refractivity contribution in [2.75, 3.05) is 65.7 Å². The van der Waals surface area contributed by atoms with Crippen LogP contribution in [0.15, 0.2) is 24.3 Å². The van der Waals surface area contributed by atoms with Crippen molar-refractivity contribution in [2.24, 2.45) is 5.92 Å². The summed E-state index contributed by atoms with van der Waals surface area (Å²) in [6.45, 7) is 10.7. The number of esters is 3. The number of ether oxygens (including phenoxy) is 3. The number of nitrogens with zero attached hydrogens (tertiary/aromatic N) is 2. The van der Waals surface area contributed by atoms with Crippen LogP contribution >= 0.6 is 0 Å². The van der Waals surface area contributed by atoms with Gasteiger partial charge in [0.25, 0.3) is 0 Å². The number of hydrogen-bond donors (Lipinski definition) is 1. The van der Waals surface area contributed by atoms with E-state index >= 15 is 0 Å². The second-order valence-corrected chi connectivity index (χ2v) is 16.4. The van der Waals surface area contributed by atoms with E-state index in [0.717, 1.165) is 110 Å². The van der Waals surface area contributed by atoms with Crippen molar-refractivity contribution in [2.45, 2.75) is 194 Å². The zero-order valence-corrected chi connectivity index (χ0v) is 37.0. The Morgan fingerprint density at radius 1 is 0.456 bits per heavy atom. The first-order chi connectivity index (χ1) is 28.0. The number of carbonyl (C=O) groups is 3. The average Bonchev–Trinajstić information content (AvgIpc) is 3.21. The first-order valence-electron chi connectivity index (χ1n) is 23.8. The lowest BCUT2D eigenvalue weighted by atomic mass is 10.1. The predicted molar refractivity (Wildman–Crippen MR) is 235 cm³/mol. The van der Waals surface area contributed by atoms with E-state index in [1.807, 2.05) is 0 Å². The first kappa shape index (κ1) is 52.8. The van der Waals surface area contributed by atoms with Crippen LogP contribution in [0.4, 0.5) is 0 Å². The SMILES string of the molecule is CCCCCC/C=C\CCCCCCCC(=O)OCC(COC(=O)CCCCCCC/C=C\CCCCCC)COC(=O)CCCCCN1CCN(CCO)CC1. The van der Waals surface area contributed by atoms with Gasteiger partial charge >= 0.3 is 17.9 Å². The van der Waals surface area contributed by atoms with Crippen LogP contribution in [0.1, 0.15) is 194 Å². The Bertz CT molecular complexity index is 943. The van der Waals surface area contributed by atoms with Crippen molar-refractivity contribution in [1.82, 2.24) is 9.80 Å². The van der Waals surface area contributed by atoms with Crippen LogP contribution in [0.2, 0.25) is 0 Å². The Hall–Kier alpha value is -2.23. The molecule has 0 spiro atoms. The standard InChI is InChI=1S/C48H88N2O7/c1-3-5-7-9-11-13-15-17-19-21-23-25-28-32-46(52)55-42-45(43-56-47(53)33-29-26-24-22-20-18-16-14-12-10-8-6-4-2)44-57-48(54)34-30-27-31-35-49-36-38-50(39-37-49)40-41-51/h13-16,45,51H,3-12,17-44H2,1-2H3/b15-13-,16-14-. The topological polar surface area (TPSA) is 106 Å². The van der Waals surface area contributed by atoms with Crippen LogP contribution in [0.25, 0.3) is 0 Å². The first-order valence-corrected chi connectivity index (χ1v) is 23.8. The van der Waals surface area contributed by atoms with Crippen molar-refractivity contribution in [1.29, 1.82) is 0 Å². The van der Waals surface area contributed by atoms with E-state index in [1.165, 1.54) is 89.9 Å². The lowest BCUT2D eigenvalue weighted by Gasteiger charge is -2.34. The number of piperazine rings is 1. The van der Waals surface area contributed by atoms with Gasteiger partial charge in [0.15, 0.2) is 0 Å². The molecule has 0 bridgehead atoms. The summed E-state index contributed by atoms with van der Waals surface area (Å²) in [6, 6.07) is 0. The van der Waals surface area contributed by atoms with E-state index in [1.54, 1.807) is 0 Å². The molecule has 1 heterocycles. The second kappa shape index (κ2) is 40.5. The van der Waals surface area contributed by atoms with Crippen LogP contribution < -0.4 is 0 Å².